The Morgan fingerprint density at radius 1 is 1.32 bits per heavy atom. The SMILES string of the molecule is CCCC=C1OC(=O)N(c2ccc(Cl)cc2Cl)C1=O. The second-order valence-corrected chi connectivity index (χ2v) is 4.80. The van der Waals surface area contributed by atoms with E-state index in [-0.39, 0.29) is 16.5 Å². The molecular weight excluding hydrogens is 289 g/mol. The molecule has 1 aliphatic heterocycles. The molecule has 1 heterocycles. The third-order valence-corrected chi connectivity index (χ3v) is 3.10. The zero-order chi connectivity index (χ0) is 14.0. The van der Waals surface area contributed by atoms with Gasteiger partial charge in [-0.1, -0.05) is 36.5 Å². The van der Waals surface area contributed by atoms with Crippen molar-refractivity contribution in [3.63, 3.8) is 0 Å². The fraction of sp³-hybridized carbons (Fsp3) is 0.231. The Kier molecular flexibility index (Phi) is 4.12. The van der Waals surface area contributed by atoms with Gasteiger partial charge in [0.1, 0.15) is 0 Å². The molecule has 0 radical (unpaired) electrons. The predicted octanol–water partition coefficient (Wildman–Crippen LogP) is 4.16. The van der Waals surface area contributed by atoms with Crippen LogP contribution < -0.4 is 4.90 Å². The lowest BCUT2D eigenvalue weighted by atomic mass is 10.2. The standard InChI is InChI=1S/C13H11Cl2NO3/c1-2-3-4-11-12(17)16(13(18)19-11)10-6-5-8(14)7-9(10)15/h4-7H,2-3H2,1H3. The molecule has 0 atom stereocenters. The summed E-state index contributed by atoms with van der Waals surface area (Å²) in [5.41, 5.74) is 0.265. The smallest absolute Gasteiger partial charge is 0.404 e. The first-order valence-electron chi connectivity index (χ1n) is 5.76. The van der Waals surface area contributed by atoms with Gasteiger partial charge in [0, 0.05) is 5.02 Å². The van der Waals surface area contributed by atoms with Gasteiger partial charge >= 0.3 is 12.0 Å². The molecule has 0 spiro atoms. The van der Waals surface area contributed by atoms with Gasteiger partial charge in [-0.15, -0.1) is 0 Å². The van der Waals surface area contributed by atoms with Crippen LogP contribution in [0.3, 0.4) is 0 Å². The number of nitrogens with zero attached hydrogens (tertiary/aromatic N) is 1. The van der Waals surface area contributed by atoms with Crippen molar-refractivity contribution in [2.24, 2.45) is 0 Å². The number of imide groups is 1. The molecule has 0 N–H and O–H groups in total. The van der Waals surface area contributed by atoms with Crippen LogP contribution in [0.5, 0.6) is 0 Å². The Balaban J connectivity index is 2.35. The molecule has 6 heteroatoms. The lowest BCUT2D eigenvalue weighted by molar-refractivity contribution is -0.114. The Hall–Kier alpha value is -1.52. The molecule has 0 unspecified atom stereocenters. The highest BCUT2D eigenvalue weighted by molar-refractivity contribution is 6.38. The number of rotatable bonds is 3. The number of hydrogen-bond acceptors (Lipinski definition) is 3. The van der Waals surface area contributed by atoms with Gasteiger partial charge in [0.05, 0.1) is 10.7 Å². The van der Waals surface area contributed by atoms with Crippen molar-refractivity contribution < 1.29 is 14.3 Å². The van der Waals surface area contributed by atoms with Crippen LogP contribution in [0.15, 0.2) is 30.0 Å². The van der Waals surface area contributed by atoms with Gasteiger partial charge in [-0.2, -0.15) is 0 Å². The first kappa shape index (κ1) is 13.9. The normalized spacial score (nSPS) is 17.2. The summed E-state index contributed by atoms with van der Waals surface area (Å²) in [7, 11) is 0. The number of carbonyl (C=O) groups is 2. The number of anilines is 1. The van der Waals surface area contributed by atoms with Crippen LogP contribution in [0.25, 0.3) is 0 Å². The molecule has 1 saturated heterocycles. The van der Waals surface area contributed by atoms with Crippen molar-refractivity contribution in [2.75, 3.05) is 4.90 Å². The number of amides is 2. The van der Waals surface area contributed by atoms with Gasteiger partial charge in [-0.25, -0.2) is 9.69 Å². The minimum atomic E-state index is -0.753. The summed E-state index contributed by atoms with van der Waals surface area (Å²) >= 11 is 11.8. The second-order valence-electron chi connectivity index (χ2n) is 3.96. The number of hydrogen-bond donors (Lipinski definition) is 0. The van der Waals surface area contributed by atoms with E-state index in [2.05, 4.69) is 0 Å². The number of halogens is 2. The van der Waals surface area contributed by atoms with Crippen LogP contribution in [-0.2, 0) is 9.53 Å². The van der Waals surface area contributed by atoms with E-state index in [0.29, 0.717) is 11.4 Å². The summed E-state index contributed by atoms with van der Waals surface area (Å²) in [6.07, 6.45) is 2.37. The number of unbranched alkanes of at least 4 members (excludes halogenated alkanes) is 1. The molecule has 19 heavy (non-hydrogen) atoms. The fourth-order valence-electron chi connectivity index (χ4n) is 1.65. The highest BCUT2D eigenvalue weighted by Gasteiger charge is 2.38. The fourth-order valence-corrected chi connectivity index (χ4v) is 2.14. The quantitative estimate of drug-likeness (QED) is 0.787. The summed E-state index contributed by atoms with van der Waals surface area (Å²) in [5, 5.41) is 0.644. The molecule has 2 amide bonds. The largest absolute Gasteiger partial charge is 0.427 e. The average Bonchev–Trinajstić information content (AvgIpc) is 2.63. The summed E-state index contributed by atoms with van der Waals surface area (Å²) < 4.78 is 4.93. The maximum Gasteiger partial charge on any atom is 0.427 e. The summed E-state index contributed by atoms with van der Waals surface area (Å²) in [4.78, 5) is 24.7. The van der Waals surface area contributed by atoms with Crippen molar-refractivity contribution in [1.29, 1.82) is 0 Å². The zero-order valence-electron chi connectivity index (χ0n) is 10.2. The van der Waals surface area contributed by atoms with Crippen molar-refractivity contribution in [3.8, 4) is 0 Å². The van der Waals surface area contributed by atoms with Crippen LogP contribution in [0.1, 0.15) is 19.8 Å². The maximum atomic E-state index is 12.1. The van der Waals surface area contributed by atoms with Crippen LogP contribution in [0.2, 0.25) is 10.0 Å². The third-order valence-electron chi connectivity index (χ3n) is 2.56. The molecule has 1 aliphatic rings. The number of allylic oxidation sites excluding steroid dienone is 1. The van der Waals surface area contributed by atoms with Crippen LogP contribution in [0.4, 0.5) is 10.5 Å². The topological polar surface area (TPSA) is 46.6 Å². The van der Waals surface area contributed by atoms with E-state index in [1.165, 1.54) is 12.1 Å². The Morgan fingerprint density at radius 2 is 2.05 bits per heavy atom. The van der Waals surface area contributed by atoms with E-state index in [9.17, 15) is 9.59 Å². The van der Waals surface area contributed by atoms with E-state index in [1.54, 1.807) is 12.1 Å². The minimum absolute atomic E-state index is 0.0397. The Morgan fingerprint density at radius 3 is 2.68 bits per heavy atom. The predicted molar refractivity (Wildman–Crippen MR) is 73.4 cm³/mol. The van der Waals surface area contributed by atoms with E-state index >= 15 is 0 Å². The average molecular weight is 300 g/mol. The van der Waals surface area contributed by atoms with Gasteiger partial charge in [-0.3, -0.25) is 4.79 Å². The molecular formula is C13H11Cl2NO3. The molecule has 4 nitrogen and oxygen atoms in total. The molecule has 1 fully saturated rings. The summed E-state index contributed by atoms with van der Waals surface area (Å²) in [5.74, 6) is -0.472. The molecule has 100 valence electrons. The Labute approximate surface area is 120 Å². The molecule has 2 rings (SSSR count). The summed E-state index contributed by atoms with van der Waals surface area (Å²) in [6.45, 7) is 1.96. The molecule has 0 bridgehead atoms. The highest BCUT2D eigenvalue weighted by Crippen LogP contribution is 2.33. The van der Waals surface area contributed by atoms with Crippen molar-refractivity contribution in [1.82, 2.24) is 0 Å². The lowest BCUT2D eigenvalue weighted by Crippen LogP contribution is -2.28. The maximum absolute atomic E-state index is 12.1. The van der Waals surface area contributed by atoms with Crippen molar-refractivity contribution in [3.05, 3.63) is 40.1 Å². The Bertz CT molecular complexity index is 569. The lowest BCUT2D eigenvalue weighted by Gasteiger charge is -2.12. The van der Waals surface area contributed by atoms with Crippen LogP contribution in [0, 0.1) is 0 Å². The van der Waals surface area contributed by atoms with Crippen LogP contribution in [-0.4, -0.2) is 12.0 Å². The monoisotopic (exact) mass is 299 g/mol. The molecule has 1 aromatic carbocycles. The first-order valence-corrected chi connectivity index (χ1v) is 6.51. The number of carbonyl (C=O) groups excluding carboxylic acids is 2. The molecule has 0 saturated carbocycles. The highest BCUT2D eigenvalue weighted by atomic mass is 35.5. The van der Waals surface area contributed by atoms with E-state index in [1.807, 2.05) is 6.92 Å². The first-order chi connectivity index (χ1) is 9.04. The third kappa shape index (κ3) is 2.74. The molecule has 1 aromatic rings. The molecule has 0 aromatic heterocycles. The van der Waals surface area contributed by atoms with Crippen LogP contribution >= 0.6 is 23.2 Å². The minimum Gasteiger partial charge on any atom is -0.404 e. The molecule has 0 aliphatic carbocycles. The van der Waals surface area contributed by atoms with Gasteiger partial charge in [-0.05, 0) is 30.7 Å². The van der Waals surface area contributed by atoms with Crippen molar-refractivity contribution in [2.45, 2.75) is 19.8 Å². The van der Waals surface area contributed by atoms with Crippen molar-refractivity contribution >= 4 is 40.9 Å². The van der Waals surface area contributed by atoms with Gasteiger partial charge in [0.25, 0.3) is 0 Å². The van der Waals surface area contributed by atoms with Gasteiger partial charge in [0.15, 0.2) is 5.76 Å². The van der Waals surface area contributed by atoms with E-state index < -0.39 is 12.0 Å². The van der Waals surface area contributed by atoms with E-state index in [0.717, 1.165) is 11.3 Å². The number of ether oxygens (including phenoxy) is 1. The number of benzene rings is 1. The number of cyclic esters (lactones) is 1. The zero-order valence-corrected chi connectivity index (χ0v) is 11.7. The van der Waals surface area contributed by atoms with Gasteiger partial charge < -0.3 is 4.74 Å². The van der Waals surface area contributed by atoms with E-state index in [4.69, 9.17) is 27.9 Å². The summed E-state index contributed by atoms with van der Waals surface area (Å²) in [6, 6.07) is 4.52. The van der Waals surface area contributed by atoms with Gasteiger partial charge in [0.2, 0.25) is 0 Å². The second kappa shape index (κ2) is 5.63.